The van der Waals surface area contributed by atoms with Crippen molar-refractivity contribution in [3.63, 3.8) is 0 Å². The first-order valence-corrected chi connectivity index (χ1v) is 5.71. The van der Waals surface area contributed by atoms with Gasteiger partial charge in [-0.25, -0.2) is 5.43 Å². The van der Waals surface area contributed by atoms with Crippen LogP contribution < -0.4 is 5.43 Å². The highest BCUT2D eigenvalue weighted by atomic mass is 16.2. The van der Waals surface area contributed by atoms with E-state index in [0.717, 1.165) is 11.1 Å². The first-order valence-electron chi connectivity index (χ1n) is 5.71. The topological polar surface area (TPSA) is 41.5 Å². The fourth-order valence-corrected chi connectivity index (χ4v) is 1.59. The molecule has 0 fully saturated rings. The van der Waals surface area contributed by atoms with E-state index in [1.807, 2.05) is 55.5 Å². The van der Waals surface area contributed by atoms with Crippen LogP contribution in [0.5, 0.6) is 0 Å². The van der Waals surface area contributed by atoms with Gasteiger partial charge in [-0.2, -0.15) is 5.10 Å². The molecular formula is C15H14N2O. The van der Waals surface area contributed by atoms with Gasteiger partial charge in [-0.1, -0.05) is 48.5 Å². The van der Waals surface area contributed by atoms with Crippen molar-refractivity contribution in [1.82, 2.24) is 5.43 Å². The molecule has 2 aromatic rings. The van der Waals surface area contributed by atoms with Gasteiger partial charge in [0, 0.05) is 5.56 Å². The Morgan fingerprint density at radius 2 is 1.72 bits per heavy atom. The minimum absolute atomic E-state index is 0.194. The van der Waals surface area contributed by atoms with E-state index in [-0.39, 0.29) is 5.91 Å². The number of amides is 1. The van der Waals surface area contributed by atoms with E-state index in [9.17, 15) is 4.79 Å². The van der Waals surface area contributed by atoms with Crippen molar-refractivity contribution in [2.45, 2.75) is 6.92 Å². The van der Waals surface area contributed by atoms with E-state index in [1.165, 1.54) is 0 Å². The van der Waals surface area contributed by atoms with Gasteiger partial charge >= 0.3 is 0 Å². The molecule has 0 aliphatic heterocycles. The third kappa shape index (κ3) is 3.04. The first-order chi connectivity index (χ1) is 8.77. The smallest absolute Gasteiger partial charge is 0.267 e. The number of hydrogen-bond donors (Lipinski definition) is 1. The van der Waals surface area contributed by atoms with Crippen LogP contribution >= 0.6 is 0 Å². The number of aryl methyl sites for hydroxylation is 1. The Morgan fingerprint density at radius 3 is 2.44 bits per heavy atom. The molecule has 0 saturated carbocycles. The molecular weight excluding hydrogens is 224 g/mol. The molecule has 0 aliphatic carbocycles. The summed E-state index contributed by atoms with van der Waals surface area (Å²) in [5.41, 5.74) is 5.04. The Kier molecular flexibility index (Phi) is 3.86. The van der Waals surface area contributed by atoms with Gasteiger partial charge in [-0.05, 0) is 24.1 Å². The van der Waals surface area contributed by atoms with Gasteiger partial charge < -0.3 is 0 Å². The number of carbonyl (C=O) groups excluding carboxylic acids is 1. The Morgan fingerprint density at radius 1 is 1.06 bits per heavy atom. The second-order valence-electron chi connectivity index (χ2n) is 3.92. The van der Waals surface area contributed by atoms with Crippen LogP contribution in [0.1, 0.15) is 21.5 Å². The molecule has 0 atom stereocenters. The number of carbonyl (C=O) groups is 1. The molecule has 0 spiro atoms. The fraction of sp³-hybridized carbons (Fsp3) is 0.0667. The molecule has 0 saturated heterocycles. The van der Waals surface area contributed by atoms with Crippen molar-refractivity contribution in [2.24, 2.45) is 5.10 Å². The van der Waals surface area contributed by atoms with Crippen molar-refractivity contribution in [3.8, 4) is 0 Å². The largest absolute Gasteiger partial charge is 0.271 e. The maximum atomic E-state index is 11.8. The van der Waals surface area contributed by atoms with Crippen LogP contribution in [0.2, 0.25) is 0 Å². The number of hydrogen-bond acceptors (Lipinski definition) is 2. The van der Waals surface area contributed by atoms with Crippen molar-refractivity contribution in [3.05, 3.63) is 71.3 Å². The normalized spacial score (nSPS) is 10.5. The lowest BCUT2D eigenvalue weighted by Crippen LogP contribution is -2.18. The molecule has 0 bridgehead atoms. The molecule has 2 rings (SSSR count). The SMILES string of the molecule is Cc1ccccc1C(=O)N/N=C/c1ccccc1. The predicted molar refractivity (Wildman–Crippen MR) is 72.7 cm³/mol. The van der Waals surface area contributed by atoms with Gasteiger partial charge in [-0.3, -0.25) is 4.79 Å². The van der Waals surface area contributed by atoms with Crippen molar-refractivity contribution in [1.29, 1.82) is 0 Å². The number of benzene rings is 2. The Hall–Kier alpha value is -2.42. The summed E-state index contributed by atoms with van der Waals surface area (Å²) >= 11 is 0. The van der Waals surface area contributed by atoms with Crippen molar-refractivity contribution >= 4 is 12.1 Å². The molecule has 0 unspecified atom stereocenters. The van der Waals surface area contributed by atoms with E-state index in [1.54, 1.807) is 12.3 Å². The summed E-state index contributed by atoms with van der Waals surface area (Å²) in [4.78, 5) is 11.8. The zero-order valence-corrected chi connectivity index (χ0v) is 10.1. The van der Waals surface area contributed by atoms with Crippen LogP contribution in [-0.4, -0.2) is 12.1 Å². The number of nitrogens with zero attached hydrogens (tertiary/aromatic N) is 1. The third-order valence-electron chi connectivity index (χ3n) is 2.57. The lowest BCUT2D eigenvalue weighted by atomic mass is 10.1. The molecule has 1 N–H and O–H groups in total. The third-order valence-corrected chi connectivity index (χ3v) is 2.57. The van der Waals surface area contributed by atoms with Gasteiger partial charge in [0.2, 0.25) is 0 Å². The molecule has 3 heteroatoms. The molecule has 0 aliphatic rings. The quantitative estimate of drug-likeness (QED) is 0.648. The molecule has 1 amide bonds. The van der Waals surface area contributed by atoms with Crippen LogP contribution in [0.25, 0.3) is 0 Å². The summed E-state index contributed by atoms with van der Waals surface area (Å²) in [7, 11) is 0. The summed E-state index contributed by atoms with van der Waals surface area (Å²) < 4.78 is 0. The van der Waals surface area contributed by atoms with Crippen LogP contribution in [-0.2, 0) is 0 Å². The van der Waals surface area contributed by atoms with Gasteiger partial charge in [0.05, 0.1) is 6.21 Å². The van der Waals surface area contributed by atoms with E-state index < -0.39 is 0 Å². The molecule has 0 radical (unpaired) electrons. The Balaban J connectivity index is 2.01. The second kappa shape index (κ2) is 5.77. The molecule has 0 heterocycles. The zero-order valence-electron chi connectivity index (χ0n) is 10.1. The summed E-state index contributed by atoms with van der Waals surface area (Å²) in [6, 6.07) is 17.0. The highest BCUT2D eigenvalue weighted by Crippen LogP contribution is 2.06. The average Bonchev–Trinajstić information content (AvgIpc) is 2.40. The summed E-state index contributed by atoms with van der Waals surface area (Å²) in [6.07, 6.45) is 1.62. The molecule has 0 aromatic heterocycles. The van der Waals surface area contributed by atoms with E-state index in [2.05, 4.69) is 10.5 Å². The Bertz CT molecular complexity index is 562. The summed E-state index contributed by atoms with van der Waals surface area (Å²) in [6.45, 7) is 1.90. The highest BCUT2D eigenvalue weighted by molar-refractivity contribution is 5.96. The fourth-order valence-electron chi connectivity index (χ4n) is 1.59. The van der Waals surface area contributed by atoms with Gasteiger partial charge in [0.1, 0.15) is 0 Å². The van der Waals surface area contributed by atoms with Crippen molar-refractivity contribution in [2.75, 3.05) is 0 Å². The minimum Gasteiger partial charge on any atom is -0.267 e. The average molecular weight is 238 g/mol. The predicted octanol–water partition coefficient (Wildman–Crippen LogP) is 2.76. The maximum Gasteiger partial charge on any atom is 0.271 e. The van der Waals surface area contributed by atoms with Crippen LogP contribution in [0, 0.1) is 6.92 Å². The maximum absolute atomic E-state index is 11.8. The highest BCUT2D eigenvalue weighted by Gasteiger charge is 2.05. The molecule has 3 nitrogen and oxygen atoms in total. The van der Waals surface area contributed by atoms with Crippen LogP contribution in [0.3, 0.4) is 0 Å². The van der Waals surface area contributed by atoms with Gasteiger partial charge in [0.25, 0.3) is 5.91 Å². The minimum atomic E-state index is -0.194. The lowest BCUT2D eigenvalue weighted by molar-refractivity contribution is 0.0954. The standard InChI is InChI=1S/C15H14N2O/c1-12-7-5-6-10-14(12)15(18)17-16-11-13-8-3-2-4-9-13/h2-11H,1H3,(H,17,18)/b16-11+. The van der Waals surface area contributed by atoms with E-state index in [4.69, 9.17) is 0 Å². The molecule has 2 aromatic carbocycles. The monoisotopic (exact) mass is 238 g/mol. The lowest BCUT2D eigenvalue weighted by Gasteiger charge is -2.02. The zero-order chi connectivity index (χ0) is 12.8. The second-order valence-corrected chi connectivity index (χ2v) is 3.92. The van der Waals surface area contributed by atoms with Crippen molar-refractivity contribution < 1.29 is 4.79 Å². The van der Waals surface area contributed by atoms with E-state index in [0.29, 0.717) is 5.56 Å². The van der Waals surface area contributed by atoms with E-state index >= 15 is 0 Å². The van der Waals surface area contributed by atoms with Gasteiger partial charge in [0.15, 0.2) is 0 Å². The number of hydrazone groups is 1. The molecule has 90 valence electrons. The Labute approximate surface area is 106 Å². The number of nitrogens with one attached hydrogen (secondary N) is 1. The van der Waals surface area contributed by atoms with Crippen LogP contribution in [0.15, 0.2) is 59.7 Å². The summed E-state index contributed by atoms with van der Waals surface area (Å²) in [5, 5.41) is 3.93. The number of rotatable bonds is 3. The van der Waals surface area contributed by atoms with Gasteiger partial charge in [-0.15, -0.1) is 0 Å². The summed E-state index contributed by atoms with van der Waals surface area (Å²) in [5.74, 6) is -0.194. The van der Waals surface area contributed by atoms with Crippen LogP contribution in [0.4, 0.5) is 0 Å². The molecule has 18 heavy (non-hydrogen) atoms. The first kappa shape index (κ1) is 12.0.